The number of carbonyl (C=O) groups is 1. The second-order valence-corrected chi connectivity index (χ2v) is 7.80. The van der Waals surface area contributed by atoms with Gasteiger partial charge in [0.25, 0.3) is 0 Å². The fourth-order valence-corrected chi connectivity index (χ4v) is 3.46. The molecule has 0 aliphatic heterocycles. The summed E-state index contributed by atoms with van der Waals surface area (Å²) < 4.78 is 35.6. The fraction of sp³-hybridized carbons (Fsp3) is 0.944. The number of hydrogen-bond donors (Lipinski definition) is 2. The zero-order valence-corrected chi connectivity index (χ0v) is 22.4. The second kappa shape index (κ2) is 22.0. The Balaban J connectivity index is -0.00000288. The molecule has 0 aromatic carbocycles. The van der Waals surface area contributed by atoms with Crippen molar-refractivity contribution in [3.8, 4) is 0 Å². The fourth-order valence-electron chi connectivity index (χ4n) is 2.92. The van der Waals surface area contributed by atoms with Gasteiger partial charge in [-0.1, -0.05) is 77.6 Å². The summed E-state index contributed by atoms with van der Waals surface area (Å²) in [5.41, 5.74) is 0. The average Bonchev–Trinajstić information content (AvgIpc) is 2.51. The van der Waals surface area contributed by atoms with Gasteiger partial charge in [-0.2, -0.15) is 8.42 Å². The van der Waals surface area contributed by atoms with E-state index < -0.39 is 22.5 Å². The van der Waals surface area contributed by atoms with Gasteiger partial charge in [0.05, 0.1) is 6.10 Å². The normalized spacial score (nSPS) is 12.1. The molecule has 0 aromatic heterocycles. The molecule has 0 aliphatic carbocycles. The third-order valence-corrected chi connectivity index (χ3v) is 4.82. The molecule has 0 fully saturated rings. The summed E-state index contributed by atoms with van der Waals surface area (Å²) in [7, 11) is -4.39. The van der Waals surface area contributed by atoms with E-state index in [1.54, 1.807) is 0 Å². The molecule has 27 heavy (non-hydrogen) atoms. The van der Waals surface area contributed by atoms with E-state index in [4.69, 9.17) is 13.8 Å². The Kier molecular flexibility index (Phi) is 26.9. The van der Waals surface area contributed by atoms with Gasteiger partial charge in [-0.3, -0.25) is 9.35 Å². The first-order valence-corrected chi connectivity index (χ1v) is 11.1. The first-order valence-electron chi connectivity index (χ1n) is 9.72. The number of aliphatic carboxylic acids is 1. The quantitative estimate of drug-likeness (QED) is 0.192. The van der Waals surface area contributed by atoms with Crippen molar-refractivity contribution in [2.75, 3.05) is 0 Å². The molecule has 1 atom stereocenters. The summed E-state index contributed by atoms with van der Waals surface area (Å²) in [6.45, 7) is 2.17. The van der Waals surface area contributed by atoms with Crippen LogP contribution in [0.5, 0.6) is 0 Å². The first-order chi connectivity index (χ1) is 11.8. The van der Waals surface area contributed by atoms with Crippen molar-refractivity contribution in [1.82, 2.24) is 0 Å². The largest absolute Gasteiger partial charge is 0.481 e. The van der Waals surface area contributed by atoms with Crippen LogP contribution in [-0.2, 0) is 19.4 Å². The van der Waals surface area contributed by atoms with E-state index in [1.807, 2.05) is 0 Å². The van der Waals surface area contributed by atoms with E-state index in [9.17, 15) is 13.2 Å². The number of rotatable bonds is 18. The third kappa shape index (κ3) is 27.3. The average molecular weight is 427 g/mol. The van der Waals surface area contributed by atoms with E-state index in [2.05, 4.69) is 6.92 Å². The predicted molar refractivity (Wildman–Crippen MR) is 110 cm³/mol. The van der Waals surface area contributed by atoms with E-state index >= 15 is 0 Å². The molecule has 9 heteroatoms. The van der Waals surface area contributed by atoms with Crippen LogP contribution < -0.4 is 0 Å². The Morgan fingerprint density at radius 1 is 0.815 bits per heavy atom. The number of unbranched alkanes of at least 4 members (excludes halogenated alkanes) is 10. The van der Waals surface area contributed by atoms with E-state index in [-0.39, 0.29) is 65.5 Å². The van der Waals surface area contributed by atoms with E-state index in [0.29, 0.717) is 19.3 Å². The van der Waals surface area contributed by atoms with Crippen LogP contribution in [0.4, 0.5) is 0 Å². The predicted octanol–water partition coefficient (Wildman–Crippen LogP) is 4.37. The third-order valence-electron chi connectivity index (χ3n) is 4.30. The molecular weight excluding hydrogens is 390 g/mol. The summed E-state index contributed by atoms with van der Waals surface area (Å²) >= 11 is 0. The molecular formula is C18H36Na2O6S. The number of carboxylic acids is 1. The van der Waals surface area contributed by atoms with Gasteiger partial charge in [-0.05, 0) is 19.3 Å². The van der Waals surface area contributed by atoms with Crippen LogP contribution in [0.15, 0.2) is 0 Å². The van der Waals surface area contributed by atoms with Crippen molar-refractivity contribution < 1.29 is 27.1 Å². The van der Waals surface area contributed by atoms with Crippen LogP contribution in [0.25, 0.3) is 0 Å². The van der Waals surface area contributed by atoms with Crippen LogP contribution in [0.2, 0.25) is 0 Å². The minimum Gasteiger partial charge on any atom is -0.481 e. The Morgan fingerprint density at radius 3 is 1.63 bits per heavy atom. The van der Waals surface area contributed by atoms with Crippen molar-refractivity contribution >= 4 is 75.5 Å². The van der Waals surface area contributed by atoms with Gasteiger partial charge in [-0.15, -0.1) is 0 Å². The Hall–Kier alpha value is 1.34. The summed E-state index contributed by atoms with van der Waals surface area (Å²) in [4.78, 5) is 10.4. The smallest absolute Gasteiger partial charge is 0.397 e. The summed E-state index contributed by atoms with van der Waals surface area (Å²) in [5.74, 6) is -0.750. The van der Waals surface area contributed by atoms with Gasteiger partial charge < -0.3 is 5.11 Å². The maximum Gasteiger partial charge on any atom is 0.397 e. The molecule has 0 saturated carbocycles. The van der Waals surface area contributed by atoms with Crippen LogP contribution in [-0.4, -0.2) is 89.3 Å². The molecule has 0 aromatic rings. The molecule has 2 N–H and O–H groups in total. The minimum absolute atomic E-state index is 0. The molecule has 152 valence electrons. The molecule has 1 unspecified atom stereocenters. The molecule has 0 rings (SSSR count). The van der Waals surface area contributed by atoms with Crippen LogP contribution in [0.1, 0.15) is 103 Å². The van der Waals surface area contributed by atoms with Crippen LogP contribution >= 0.6 is 0 Å². The maximum absolute atomic E-state index is 11.0. The van der Waals surface area contributed by atoms with Crippen molar-refractivity contribution in [3.05, 3.63) is 0 Å². The zero-order valence-electron chi connectivity index (χ0n) is 17.6. The van der Waals surface area contributed by atoms with Crippen molar-refractivity contribution in [2.24, 2.45) is 0 Å². The summed E-state index contributed by atoms with van der Waals surface area (Å²) in [6, 6.07) is 0. The van der Waals surface area contributed by atoms with E-state index in [0.717, 1.165) is 51.4 Å². The SMILES string of the molecule is CCCCCCCCC(CCCCCCCCC(=O)O)OS(=O)(=O)O.[Na].[Na]. The van der Waals surface area contributed by atoms with Crippen molar-refractivity contribution in [3.63, 3.8) is 0 Å². The Bertz CT molecular complexity index is 432. The van der Waals surface area contributed by atoms with Gasteiger partial charge in [0.2, 0.25) is 0 Å². The molecule has 0 heterocycles. The van der Waals surface area contributed by atoms with Gasteiger partial charge in [0.15, 0.2) is 0 Å². The van der Waals surface area contributed by atoms with Gasteiger partial charge in [0.1, 0.15) is 0 Å². The summed E-state index contributed by atoms with van der Waals surface area (Å²) in [6.07, 6.45) is 13.3. The molecule has 0 saturated heterocycles. The zero-order chi connectivity index (χ0) is 19.0. The topological polar surface area (TPSA) is 101 Å². The second-order valence-electron chi connectivity index (χ2n) is 6.76. The molecule has 0 aliphatic rings. The van der Waals surface area contributed by atoms with Crippen LogP contribution in [0, 0.1) is 0 Å². The molecule has 6 nitrogen and oxygen atoms in total. The maximum atomic E-state index is 11.0. The Morgan fingerprint density at radius 2 is 1.22 bits per heavy atom. The van der Waals surface area contributed by atoms with E-state index in [1.165, 1.54) is 19.3 Å². The van der Waals surface area contributed by atoms with Crippen LogP contribution in [0.3, 0.4) is 0 Å². The van der Waals surface area contributed by atoms with Gasteiger partial charge >= 0.3 is 16.4 Å². The molecule has 0 spiro atoms. The molecule has 2 radical (unpaired) electrons. The monoisotopic (exact) mass is 426 g/mol. The summed E-state index contributed by atoms with van der Waals surface area (Å²) in [5, 5.41) is 8.56. The number of hydrogen-bond acceptors (Lipinski definition) is 4. The first kappa shape index (κ1) is 33.0. The van der Waals surface area contributed by atoms with Gasteiger partial charge in [0, 0.05) is 65.5 Å². The Labute approximate surface area is 210 Å². The number of carboxylic acid groups (broad SMARTS) is 1. The van der Waals surface area contributed by atoms with Crippen molar-refractivity contribution in [2.45, 2.75) is 109 Å². The molecule has 0 amide bonds. The van der Waals surface area contributed by atoms with Crippen molar-refractivity contribution in [1.29, 1.82) is 0 Å². The molecule has 0 bridgehead atoms. The standard InChI is InChI=1S/C18H36O6S.2Na/c1-2-3-4-5-8-11-14-17(24-25(21,22)23)15-12-9-6-7-10-13-16-18(19)20;;/h17H,2-16H2,1H3,(H,19,20)(H,21,22,23);;. The minimum atomic E-state index is -4.39. The van der Waals surface area contributed by atoms with Gasteiger partial charge in [-0.25, -0.2) is 4.18 Å².